The first-order chi connectivity index (χ1) is 12.8. The predicted octanol–water partition coefficient (Wildman–Crippen LogP) is 3.32. The number of para-hydroxylation sites is 1. The molecule has 1 aliphatic rings. The van der Waals surface area contributed by atoms with Crippen LogP contribution in [0.25, 0.3) is 0 Å². The Balaban J connectivity index is 1.66. The van der Waals surface area contributed by atoms with Gasteiger partial charge in [0.05, 0.1) is 4.90 Å². The number of piperazine rings is 1. The standard InChI is InChI=1S/C20H25N3O2S2/c1-15-8-9-19(17(3)14-15)27(24,25)23-12-10-22(11-13-23)20(26)21-18-7-5-4-6-16(18)2/h4-9,14H,10-13H2,1-3H3,(H,21,26). The summed E-state index contributed by atoms with van der Waals surface area (Å²) in [6, 6.07) is 13.4. The summed E-state index contributed by atoms with van der Waals surface area (Å²) in [6.07, 6.45) is 0. The maximum atomic E-state index is 13.0. The first kappa shape index (κ1) is 19.8. The van der Waals surface area contributed by atoms with Crippen LogP contribution in [-0.2, 0) is 10.0 Å². The van der Waals surface area contributed by atoms with Crippen LogP contribution in [0.4, 0.5) is 5.69 Å². The van der Waals surface area contributed by atoms with Gasteiger partial charge in [-0.25, -0.2) is 8.42 Å². The molecule has 0 aromatic heterocycles. The number of thiocarbonyl (C=S) groups is 1. The van der Waals surface area contributed by atoms with Crippen LogP contribution in [0.3, 0.4) is 0 Å². The highest BCUT2D eigenvalue weighted by Crippen LogP contribution is 2.22. The molecule has 144 valence electrons. The molecular formula is C20H25N3O2S2. The summed E-state index contributed by atoms with van der Waals surface area (Å²) in [4.78, 5) is 2.41. The summed E-state index contributed by atoms with van der Waals surface area (Å²) in [5, 5.41) is 3.90. The Hall–Kier alpha value is -1.96. The minimum Gasteiger partial charge on any atom is -0.346 e. The van der Waals surface area contributed by atoms with Gasteiger partial charge in [-0.3, -0.25) is 0 Å². The SMILES string of the molecule is Cc1ccc(S(=O)(=O)N2CCN(C(=S)Nc3ccccc3C)CC2)c(C)c1. The molecule has 0 radical (unpaired) electrons. The first-order valence-corrected chi connectivity index (χ1v) is 10.8. The zero-order valence-corrected chi connectivity index (χ0v) is 17.5. The molecule has 27 heavy (non-hydrogen) atoms. The van der Waals surface area contributed by atoms with Gasteiger partial charge >= 0.3 is 0 Å². The summed E-state index contributed by atoms with van der Waals surface area (Å²) in [5.74, 6) is 0. The third-order valence-corrected chi connectivity index (χ3v) is 7.28. The molecule has 1 N–H and O–H groups in total. The van der Waals surface area contributed by atoms with Crippen molar-refractivity contribution in [1.29, 1.82) is 0 Å². The lowest BCUT2D eigenvalue weighted by molar-refractivity contribution is 0.268. The van der Waals surface area contributed by atoms with Gasteiger partial charge in [-0.05, 0) is 56.2 Å². The Morgan fingerprint density at radius 3 is 2.26 bits per heavy atom. The normalized spacial score (nSPS) is 15.6. The van der Waals surface area contributed by atoms with Crippen molar-refractivity contribution in [3.8, 4) is 0 Å². The van der Waals surface area contributed by atoms with E-state index in [1.54, 1.807) is 10.4 Å². The van der Waals surface area contributed by atoms with Gasteiger partial charge in [0.25, 0.3) is 0 Å². The highest BCUT2D eigenvalue weighted by molar-refractivity contribution is 7.89. The van der Waals surface area contributed by atoms with Gasteiger partial charge in [-0.2, -0.15) is 4.31 Å². The molecule has 0 saturated carbocycles. The molecular weight excluding hydrogens is 378 g/mol. The second-order valence-electron chi connectivity index (χ2n) is 6.91. The maximum Gasteiger partial charge on any atom is 0.243 e. The van der Waals surface area contributed by atoms with Crippen molar-refractivity contribution in [2.24, 2.45) is 0 Å². The monoisotopic (exact) mass is 403 g/mol. The van der Waals surface area contributed by atoms with Crippen molar-refractivity contribution in [2.45, 2.75) is 25.7 Å². The predicted molar refractivity (Wildman–Crippen MR) is 114 cm³/mol. The van der Waals surface area contributed by atoms with Crippen molar-refractivity contribution in [3.63, 3.8) is 0 Å². The molecule has 1 aliphatic heterocycles. The molecule has 0 atom stereocenters. The average molecular weight is 404 g/mol. The molecule has 1 fully saturated rings. The fraction of sp³-hybridized carbons (Fsp3) is 0.350. The minimum atomic E-state index is -3.48. The molecule has 2 aromatic rings. The number of rotatable bonds is 3. The number of hydrogen-bond donors (Lipinski definition) is 1. The van der Waals surface area contributed by atoms with Crippen molar-refractivity contribution < 1.29 is 8.42 Å². The van der Waals surface area contributed by atoms with Crippen LogP contribution < -0.4 is 5.32 Å². The van der Waals surface area contributed by atoms with Gasteiger partial charge in [-0.1, -0.05) is 35.9 Å². The molecule has 7 heteroatoms. The van der Waals surface area contributed by atoms with E-state index in [0.717, 1.165) is 22.4 Å². The number of aryl methyl sites for hydroxylation is 3. The number of nitrogens with zero attached hydrogens (tertiary/aromatic N) is 2. The van der Waals surface area contributed by atoms with Crippen LogP contribution in [-0.4, -0.2) is 48.9 Å². The molecule has 0 aliphatic carbocycles. The number of sulfonamides is 1. The topological polar surface area (TPSA) is 52.7 Å². The minimum absolute atomic E-state index is 0.391. The maximum absolute atomic E-state index is 13.0. The second kappa shape index (κ2) is 7.96. The van der Waals surface area contributed by atoms with E-state index < -0.39 is 10.0 Å². The Labute approximate surface area is 167 Å². The van der Waals surface area contributed by atoms with Crippen molar-refractivity contribution in [1.82, 2.24) is 9.21 Å². The molecule has 0 unspecified atom stereocenters. The van der Waals surface area contributed by atoms with E-state index in [9.17, 15) is 8.42 Å². The lowest BCUT2D eigenvalue weighted by atomic mass is 10.2. The third-order valence-electron chi connectivity index (χ3n) is 4.86. The van der Waals surface area contributed by atoms with Gasteiger partial charge in [-0.15, -0.1) is 0 Å². The van der Waals surface area contributed by atoms with Gasteiger partial charge in [0, 0.05) is 31.9 Å². The molecule has 0 amide bonds. The van der Waals surface area contributed by atoms with Gasteiger partial charge in [0.1, 0.15) is 0 Å². The van der Waals surface area contributed by atoms with E-state index in [-0.39, 0.29) is 0 Å². The van der Waals surface area contributed by atoms with Gasteiger partial charge in [0.15, 0.2) is 5.11 Å². The Morgan fingerprint density at radius 1 is 0.963 bits per heavy atom. The molecule has 0 bridgehead atoms. The van der Waals surface area contributed by atoms with Crippen LogP contribution in [0.1, 0.15) is 16.7 Å². The lowest BCUT2D eigenvalue weighted by Gasteiger charge is -2.35. The summed E-state index contributed by atoms with van der Waals surface area (Å²) < 4.78 is 27.5. The molecule has 0 spiro atoms. The van der Waals surface area contributed by atoms with E-state index in [0.29, 0.717) is 36.2 Å². The van der Waals surface area contributed by atoms with Crippen LogP contribution in [0, 0.1) is 20.8 Å². The molecule has 5 nitrogen and oxygen atoms in total. The largest absolute Gasteiger partial charge is 0.346 e. The molecule has 2 aromatic carbocycles. The third kappa shape index (κ3) is 4.31. The highest BCUT2D eigenvalue weighted by Gasteiger charge is 2.30. The van der Waals surface area contributed by atoms with E-state index in [4.69, 9.17) is 12.2 Å². The lowest BCUT2D eigenvalue weighted by Crippen LogP contribution is -2.51. The number of benzene rings is 2. The summed E-state index contributed by atoms with van der Waals surface area (Å²) >= 11 is 5.52. The van der Waals surface area contributed by atoms with Crippen LogP contribution in [0.5, 0.6) is 0 Å². The average Bonchev–Trinajstić information content (AvgIpc) is 2.63. The van der Waals surface area contributed by atoms with E-state index in [1.165, 1.54) is 0 Å². The number of hydrogen-bond acceptors (Lipinski definition) is 3. The number of anilines is 1. The second-order valence-corrected chi connectivity index (χ2v) is 9.20. The van der Waals surface area contributed by atoms with Crippen LogP contribution >= 0.6 is 12.2 Å². The van der Waals surface area contributed by atoms with E-state index >= 15 is 0 Å². The fourth-order valence-electron chi connectivity index (χ4n) is 3.27. The zero-order chi connectivity index (χ0) is 19.6. The van der Waals surface area contributed by atoms with Crippen molar-refractivity contribution >= 4 is 33.0 Å². The quantitative estimate of drug-likeness (QED) is 0.797. The Kier molecular flexibility index (Phi) is 5.83. The van der Waals surface area contributed by atoms with Gasteiger partial charge < -0.3 is 10.2 Å². The fourth-order valence-corrected chi connectivity index (χ4v) is 5.19. The first-order valence-electron chi connectivity index (χ1n) is 8.98. The van der Waals surface area contributed by atoms with Crippen LogP contribution in [0.2, 0.25) is 0 Å². The smallest absolute Gasteiger partial charge is 0.243 e. The van der Waals surface area contributed by atoms with Crippen molar-refractivity contribution in [3.05, 3.63) is 59.2 Å². The zero-order valence-electron chi connectivity index (χ0n) is 15.9. The Morgan fingerprint density at radius 2 is 1.63 bits per heavy atom. The van der Waals surface area contributed by atoms with E-state index in [1.807, 2.05) is 62.1 Å². The highest BCUT2D eigenvalue weighted by atomic mass is 32.2. The summed E-state index contributed by atoms with van der Waals surface area (Å²) in [7, 11) is -3.48. The summed E-state index contributed by atoms with van der Waals surface area (Å²) in [6.45, 7) is 7.82. The molecule has 1 heterocycles. The van der Waals surface area contributed by atoms with E-state index in [2.05, 4.69) is 5.32 Å². The Bertz CT molecular complexity index is 949. The summed E-state index contributed by atoms with van der Waals surface area (Å²) in [5.41, 5.74) is 3.95. The van der Waals surface area contributed by atoms with Gasteiger partial charge in [0.2, 0.25) is 10.0 Å². The van der Waals surface area contributed by atoms with Crippen molar-refractivity contribution in [2.75, 3.05) is 31.5 Å². The number of nitrogens with one attached hydrogen (secondary N) is 1. The molecule has 1 saturated heterocycles. The van der Waals surface area contributed by atoms with Crippen LogP contribution in [0.15, 0.2) is 47.4 Å². The molecule has 3 rings (SSSR count).